The van der Waals surface area contributed by atoms with Gasteiger partial charge in [0.1, 0.15) is 0 Å². The highest BCUT2D eigenvalue weighted by atomic mass is 16.5. The number of carbonyl (C=O) groups excluding carboxylic acids is 1. The molecule has 0 bridgehead atoms. The zero-order valence-electron chi connectivity index (χ0n) is 19.7. The van der Waals surface area contributed by atoms with E-state index in [1.54, 1.807) is 0 Å². The number of hydrogen-bond donors (Lipinski definition) is 1. The maximum absolute atomic E-state index is 13.5. The Morgan fingerprint density at radius 1 is 0.969 bits per heavy atom. The van der Waals surface area contributed by atoms with Crippen molar-refractivity contribution in [1.82, 2.24) is 4.90 Å². The van der Waals surface area contributed by atoms with Crippen molar-refractivity contribution in [3.05, 3.63) is 82.9 Å². The van der Waals surface area contributed by atoms with Gasteiger partial charge in [0, 0.05) is 19.7 Å². The summed E-state index contributed by atoms with van der Waals surface area (Å²) in [6, 6.07) is 20.1. The SMILES string of the molecule is CCN(CC)C(=O)c1c(C(O)C[C@@H](C)COCc2ccccc2)ccc2c(C)cccc12. The number of fused-ring (bicyclic) bond motifs is 1. The normalized spacial score (nSPS) is 13.2. The third-order valence-electron chi connectivity index (χ3n) is 6.07. The molecule has 0 radical (unpaired) electrons. The van der Waals surface area contributed by atoms with E-state index in [4.69, 9.17) is 4.74 Å². The van der Waals surface area contributed by atoms with Gasteiger partial charge < -0.3 is 14.7 Å². The molecule has 1 unspecified atom stereocenters. The highest BCUT2D eigenvalue weighted by molar-refractivity contribution is 6.09. The maximum Gasteiger partial charge on any atom is 0.254 e. The summed E-state index contributed by atoms with van der Waals surface area (Å²) in [6.45, 7) is 10.5. The fourth-order valence-corrected chi connectivity index (χ4v) is 4.25. The number of carbonyl (C=O) groups is 1. The lowest BCUT2D eigenvalue weighted by molar-refractivity contribution is 0.0636. The fraction of sp³-hybridized carbons (Fsp3) is 0.393. The number of aliphatic hydroxyl groups is 1. The van der Waals surface area contributed by atoms with Crippen molar-refractivity contribution in [1.29, 1.82) is 0 Å². The number of aliphatic hydroxyl groups excluding tert-OH is 1. The van der Waals surface area contributed by atoms with E-state index in [0.29, 0.717) is 43.9 Å². The molecular formula is C28H35NO3. The summed E-state index contributed by atoms with van der Waals surface area (Å²) in [5.74, 6) is 0.131. The lowest BCUT2D eigenvalue weighted by Crippen LogP contribution is -2.32. The number of hydrogen-bond acceptors (Lipinski definition) is 3. The minimum atomic E-state index is -0.732. The average Bonchev–Trinajstić information content (AvgIpc) is 2.80. The molecule has 0 fully saturated rings. The van der Waals surface area contributed by atoms with E-state index in [0.717, 1.165) is 21.9 Å². The Morgan fingerprint density at radius 3 is 2.38 bits per heavy atom. The van der Waals surface area contributed by atoms with Gasteiger partial charge in [-0.15, -0.1) is 0 Å². The summed E-state index contributed by atoms with van der Waals surface area (Å²) in [6.07, 6.45) is -0.199. The van der Waals surface area contributed by atoms with Crippen LogP contribution >= 0.6 is 0 Å². The molecule has 0 saturated carbocycles. The summed E-state index contributed by atoms with van der Waals surface area (Å²) in [5.41, 5.74) is 3.59. The molecule has 2 atom stereocenters. The van der Waals surface area contributed by atoms with Crippen LogP contribution in [0.25, 0.3) is 10.8 Å². The van der Waals surface area contributed by atoms with E-state index < -0.39 is 6.10 Å². The Labute approximate surface area is 191 Å². The largest absolute Gasteiger partial charge is 0.388 e. The molecule has 0 aromatic heterocycles. The molecule has 0 aliphatic heterocycles. The number of ether oxygens (including phenoxy) is 1. The first-order valence-corrected chi connectivity index (χ1v) is 11.6. The van der Waals surface area contributed by atoms with E-state index in [-0.39, 0.29) is 11.8 Å². The number of rotatable bonds is 10. The van der Waals surface area contributed by atoms with Crippen LogP contribution in [0.2, 0.25) is 0 Å². The zero-order valence-corrected chi connectivity index (χ0v) is 19.7. The van der Waals surface area contributed by atoms with Crippen molar-refractivity contribution in [2.24, 2.45) is 5.92 Å². The van der Waals surface area contributed by atoms with Crippen LogP contribution in [0, 0.1) is 12.8 Å². The molecule has 4 nitrogen and oxygen atoms in total. The molecule has 1 N–H and O–H groups in total. The Hall–Kier alpha value is -2.69. The first-order chi connectivity index (χ1) is 15.5. The van der Waals surface area contributed by atoms with Crippen molar-refractivity contribution in [3.8, 4) is 0 Å². The maximum atomic E-state index is 13.5. The number of benzene rings is 3. The molecule has 0 aliphatic rings. The Kier molecular flexibility index (Phi) is 8.43. The van der Waals surface area contributed by atoms with Crippen molar-refractivity contribution < 1.29 is 14.6 Å². The van der Waals surface area contributed by atoms with Gasteiger partial charge in [-0.1, -0.05) is 67.6 Å². The average molecular weight is 434 g/mol. The lowest BCUT2D eigenvalue weighted by atomic mass is 9.89. The molecule has 3 aromatic rings. The molecule has 3 aromatic carbocycles. The van der Waals surface area contributed by atoms with Crippen LogP contribution in [0.4, 0.5) is 0 Å². The van der Waals surface area contributed by atoms with Gasteiger partial charge in [-0.2, -0.15) is 0 Å². The number of aryl methyl sites for hydroxylation is 1. The fourth-order valence-electron chi connectivity index (χ4n) is 4.25. The van der Waals surface area contributed by atoms with Gasteiger partial charge >= 0.3 is 0 Å². The van der Waals surface area contributed by atoms with Crippen LogP contribution in [-0.2, 0) is 11.3 Å². The summed E-state index contributed by atoms with van der Waals surface area (Å²) >= 11 is 0. The van der Waals surface area contributed by atoms with Gasteiger partial charge in [-0.3, -0.25) is 4.79 Å². The predicted molar refractivity (Wildman–Crippen MR) is 131 cm³/mol. The molecule has 4 heteroatoms. The van der Waals surface area contributed by atoms with Gasteiger partial charge in [0.05, 0.1) is 18.3 Å². The molecule has 3 rings (SSSR count). The predicted octanol–water partition coefficient (Wildman–Crippen LogP) is 5.91. The summed E-state index contributed by atoms with van der Waals surface area (Å²) < 4.78 is 5.87. The number of amides is 1. The van der Waals surface area contributed by atoms with E-state index in [9.17, 15) is 9.90 Å². The molecule has 1 amide bonds. The lowest BCUT2D eigenvalue weighted by Gasteiger charge is -2.25. The quantitative estimate of drug-likeness (QED) is 0.433. The van der Waals surface area contributed by atoms with Gasteiger partial charge in [-0.05, 0) is 60.6 Å². The van der Waals surface area contributed by atoms with Crippen molar-refractivity contribution >= 4 is 16.7 Å². The van der Waals surface area contributed by atoms with Gasteiger partial charge in [0.25, 0.3) is 5.91 Å². The second-order valence-corrected chi connectivity index (χ2v) is 8.53. The highest BCUT2D eigenvalue weighted by Gasteiger charge is 2.24. The van der Waals surface area contributed by atoms with Crippen LogP contribution in [-0.4, -0.2) is 35.6 Å². The molecule has 0 saturated heterocycles. The van der Waals surface area contributed by atoms with E-state index in [1.165, 1.54) is 0 Å². The van der Waals surface area contributed by atoms with E-state index >= 15 is 0 Å². The van der Waals surface area contributed by atoms with Crippen molar-refractivity contribution in [2.75, 3.05) is 19.7 Å². The molecule has 0 aliphatic carbocycles. The molecular weight excluding hydrogens is 398 g/mol. The van der Waals surface area contributed by atoms with Gasteiger partial charge in [-0.25, -0.2) is 0 Å². The third kappa shape index (κ3) is 5.56. The second kappa shape index (κ2) is 11.3. The van der Waals surface area contributed by atoms with Crippen LogP contribution in [0.15, 0.2) is 60.7 Å². The first-order valence-electron chi connectivity index (χ1n) is 11.6. The van der Waals surface area contributed by atoms with Crippen LogP contribution < -0.4 is 0 Å². The van der Waals surface area contributed by atoms with Gasteiger partial charge in [0.15, 0.2) is 0 Å². The second-order valence-electron chi connectivity index (χ2n) is 8.53. The number of nitrogens with zero attached hydrogens (tertiary/aromatic N) is 1. The standard InChI is InChI=1S/C28H35NO3/c1-5-29(6-2)28(31)27-24-14-10-11-21(4)23(24)15-16-25(27)26(30)17-20(3)18-32-19-22-12-8-7-9-13-22/h7-16,20,26,30H,5-6,17-19H2,1-4H3/t20-,26?/m1/s1. The molecule has 32 heavy (non-hydrogen) atoms. The third-order valence-corrected chi connectivity index (χ3v) is 6.07. The first kappa shape index (κ1) is 24.0. The van der Waals surface area contributed by atoms with E-state index in [2.05, 4.69) is 19.9 Å². The summed E-state index contributed by atoms with van der Waals surface area (Å²) in [5, 5.41) is 13.1. The highest BCUT2D eigenvalue weighted by Crippen LogP contribution is 2.32. The Morgan fingerprint density at radius 2 is 1.69 bits per heavy atom. The van der Waals surface area contributed by atoms with Crippen LogP contribution in [0.3, 0.4) is 0 Å². The van der Waals surface area contributed by atoms with Crippen molar-refractivity contribution in [3.63, 3.8) is 0 Å². The summed E-state index contributed by atoms with van der Waals surface area (Å²) in [7, 11) is 0. The van der Waals surface area contributed by atoms with Gasteiger partial charge in [0.2, 0.25) is 0 Å². The molecule has 170 valence electrons. The molecule has 0 heterocycles. The molecule has 0 spiro atoms. The monoisotopic (exact) mass is 433 g/mol. The Bertz CT molecular complexity index is 1030. The topological polar surface area (TPSA) is 49.8 Å². The summed E-state index contributed by atoms with van der Waals surface area (Å²) in [4.78, 5) is 15.3. The Balaban J connectivity index is 1.81. The van der Waals surface area contributed by atoms with Crippen LogP contribution in [0.1, 0.15) is 60.3 Å². The zero-order chi connectivity index (χ0) is 23.1. The van der Waals surface area contributed by atoms with Crippen LogP contribution in [0.5, 0.6) is 0 Å². The minimum absolute atomic E-state index is 0.0202. The smallest absolute Gasteiger partial charge is 0.254 e. The minimum Gasteiger partial charge on any atom is -0.388 e. The van der Waals surface area contributed by atoms with Crippen molar-refractivity contribution in [2.45, 2.75) is 46.8 Å². The van der Waals surface area contributed by atoms with E-state index in [1.807, 2.05) is 73.3 Å².